The van der Waals surface area contributed by atoms with E-state index in [2.05, 4.69) is 34.0 Å². The Labute approximate surface area is 140 Å². The molecule has 0 amide bonds. The van der Waals surface area contributed by atoms with Crippen LogP contribution >= 0.6 is 11.3 Å². The Bertz CT molecular complexity index is 723. The van der Waals surface area contributed by atoms with Crippen molar-refractivity contribution in [2.45, 2.75) is 45.2 Å². The fourth-order valence-electron chi connectivity index (χ4n) is 3.16. The van der Waals surface area contributed by atoms with E-state index >= 15 is 0 Å². The molecular weight excluding hydrogens is 310 g/mol. The van der Waals surface area contributed by atoms with Gasteiger partial charge >= 0.3 is 0 Å². The maximum absolute atomic E-state index is 12.2. The molecular formula is C16H25N5OS. The van der Waals surface area contributed by atoms with E-state index in [0.717, 1.165) is 36.8 Å². The molecule has 1 aliphatic heterocycles. The second kappa shape index (κ2) is 7.07. The molecule has 0 spiro atoms. The fourth-order valence-corrected chi connectivity index (χ4v) is 4.02. The lowest BCUT2D eigenvalue weighted by Crippen LogP contribution is -2.30. The van der Waals surface area contributed by atoms with Crippen molar-refractivity contribution in [1.82, 2.24) is 24.4 Å². The zero-order valence-electron chi connectivity index (χ0n) is 14.2. The molecule has 0 saturated carbocycles. The van der Waals surface area contributed by atoms with Crippen LogP contribution in [0.1, 0.15) is 36.9 Å². The lowest BCUT2D eigenvalue weighted by Gasteiger charge is -2.23. The summed E-state index contributed by atoms with van der Waals surface area (Å²) in [7, 11) is 4.32. The SMILES string of the molecule is CCc1nn2c(=O)cc(CN3CCCC(N(C)C)CC3)nc2s1. The van der Waals surface area contributed by atoms with Gasteiger partial charge < -0.3 is 4.90 Å². The quantitative estimate of drug-likeness (QED) is 0.850. The standard InChI is InChI=1S/C16H25N5OS/c1-4-14-18-21-15(22)10-12(17-16(21)23-14)11-20-8-5-6-13(7-9-20)19(2)3/h10,13H,4-9,11H2,1-3H3. The van der Waals surface area contributed by atoms with Crippen LogP contribution < -0.4 is 5.56 Å². The minimum absolute atomic E-state index is 0.0676. The van der Waals surface area contributed by atoms with Crippen molar-refractivity contribution in [1.29, 1.82) is 0 Å². The lowest BCUT2D eigenvalue weighted by atomic mass is 10.1. The second-order valence-corrected chi connectivity index (χ2v) is 7.49. The summed E-state index contributed by atoms with van der Waals surface area (Å²) < 4.78 is 1.43. The van der Waals surface area contributed by atoms with Gasteiger partial charge in [0.2, 0.25) is 4.96 Å². The third kappa shape index (κ3) is 3.79. The van der Waals surface area contributed by atoms with Gasteiger partial charge in [0, 0.05) is 25.2 Å². The average Bonchev–Trinajstić information content (AvgIpc) is 2.79. The minimum Gasteiger partial charge on any atom is -0.306 e. The average molecular weight is 335 g/mol. The number of rotatable bonds is 4. The van der Waals surface area contributed by atoms with E-state index in [0.29, 0.717) is 11.0 Å². The number of aryl methyl sites for hydroxylation is 1. The Hall–Kier alpha value is -1.31. The molecule has 2 aromatic rings. The monoisotopic (exact) mass is 335 g/mol. The Morgan fingerprint density at radius 1 is 1.35 bits per heavy atom. The number of hydrogen-bond acceptors (Lipinski definition) is 6. The van der Waals surface area contributed by atoms with E-state index < -0.39 is 0 Å². The summed E-state index contributed by atoms with van der Waals surface area (Å²) in [5.74, 6) is 0. The largest absolute Gasteiger partial charge is 0.306 e. The smallest absolute Gasteiger partial charge is 0.275 e. The van der Waals surface area contributed by atoms with Gasteiger partial charge in [-0.25, -0.2) is 4.98 Å². The van der Waals surface area contributed by atoms with Gasteiger partial charge in [-0.3, -0.25) is 9.69 Å². The maximum Gasteiger partial charge on any atom is 0.275 e. The first-order valence-corrected chi connectivity index (χ1v) is 9.16. The van der Waals surface area contributed by atoms with Gasteiger partial charge in [0.25, 0.3) is 5.56 Å². The second-order valence-electron chi connectivity index (χ2n) is 6.45. The van der Waals surface area contributed by atoms with Crippen molar-refractivity contribution in [2.75, 3.05) is 27.2 Å². The molecule has 7 heteroatoms. The molecule has 0 radical (unpaired) electrons. The highest BCUT2D eigenvalue weighted by Gasteiger charge is 2.19. The Balaban J connectivity index is 1.75. The van der Waals surface area contributed by atoms with Crippen LogP contribution in [0.25, 0.3) is 4.96 Å². The summed E-state index contributed by atoms with van der Waals surface area (Å²) in [6, 6.07) is 2.30. The molecule has 1 aliphatic rings. The van der Waals surface area contributed by atoms with Crippen molar-refractivity contribution in [3.63, 3.8) is 0 Å². The first-order valence-electron chi connectivity index (χ1n) is 8.34. The molecule has 126 valence electrons. The summed E-state index contributed by atoms with van der Waals surface area (Å²) in [6.45, 7) is 4.94. The third-order valence-corrected chi connectivity index (χ3v) is 5.60. The van der Waals surface area contributed by atoms with E-state index in [1.54, 1.807) is 6.07 Å². The summed E-state index contributed by atoms with van der Waals surface area (Å²) in [5, 5.41) is 5.26. The molecule has 6 nitrogen and oxygen atoms in total. The highest BCUT2D eigenvalue weighted by Crippen LogP contribution is 2.17. The van der Waals surface area contributed by atoms with Crippen LogP contribution in [0.5, 0.6) is 0 Å². The molecule has 0 N–H and O–H groups in total. The predicted molar refractivity (Wildman–Crippen MR) is 93.1 cm³/mol. The van der Waals surface area contributed by atoms with Crippen LogP contribution in [-0.4, -0.2) is 57.6 Å². The van der Waals surface area contributed by atoms with Crippen molar-refractivity contribution in [2.24, 2.45) is 0 Å². The zero-order valence-corrected chi connectivity index (χ0v) is 15.0. The molecule has 0 aromatic carbocycles. The summed E-state index contributed by atoms with van der Waals surface area (Å²) in [6.07, 6.45) is 4.45. The number of likely N-dealkylation sites (tertiary alicyclic amines) is 1. The van der Waals surface area contributed by atoms with Crippen molar-refractivity contribution >= 4 is 16.3 Å². The van der Waals surface area contributed by atoms with Crippen molar-refractivity contribution < 1.29 is 0 Å². The molecule has 1 unspecified atom stereocenters. The lowest BCUT2D eigenvalue weighted by molar-refractivity contribution is 0.244. The van der Waals surface area contributed by atoms with E-state index in [-0.39, 0.29) is 5.56 Å². The molecule has 2 aromatic heterocycles. The van der Waals surface area contributed by atoms with Gasteiger partial charge in [-0.15, -0.1) is 0 Å². The minimum atomic E-state index is -0.0676. The number of hydrogen-bond donors (Lipinski definition) is 0. The van der Waals surface area contributed by atoms with E-state index in [1.165, 1.54) is 35.1 Å². The van der Waals surface area contributed by atoms with Crippen LogP contribution in [0.15, 0.2) is 10.9 Å². The van der Waals surface area contributed by atoms with Crippen LogP contribution in [0.3, 0.4) is 0 Å². The van der Waals surface area contributed by atoms with E-state index in [1.807, 2.05) is 6.92 Å². The molecule has 0 aliphatic carbocycles. The first kappa shape index (κ1) is 16.5. The van der Waals surface area contributed by atoms with E-state index in [4.69, 9.17) is 0 Å². The predicted octanol–water partition coefficient (Wildman–Crippen LogP) is 1.63. The van der Waals surface area contributed by atoms with Crippen molar-refractivity contribution in [3.05, 3.63) is 27.1 Å². The fraction of sp³-hybridized carbons (Fsp3) is 0.688. The normalized spacial score (nSPS) is 20.3. The van der Waals surface area contributed by atoms with Gasteiger partial charge in [0.05, 0.1) is 5.69 Å². The van der Waals surface area contributed by atoms with Crippen LogP contribution in [0, 0.1) is 0 Å². The van der Waals surface area contributed by atoms with Gasteiger partial charge in [0.15, 0.2) is 0 Å². The van der Waals surface area contributed by atoms with Crippen molar-refractivity contribution in [3.8, 4) is 0 Å². The zero-order chi connectivity index (χ0) is 16.4. The number of nitrogens with zero attached hydrogens (tertiary/aromatic N) is 5. The van der Waals surface area contributed by atoms with Gasteiger partial charge in [-0.1, -0.05) is 18.3 Å². The topological polar surface area (TPSA) is 53.7 Å². The summed E-state index contributed by atoms with van der Waals surface area (Å²) in [4.78, 5) is 22.3. The van der Waals surface area contributed by atoms with Gasteiger partial charge in [-0.05, 0) is 46.3 Å². The molecule has 1 fully saturated rings. The molecule has 3 rings (SSSR count). The molecule has 3 heterocycles. The summed E-state index contributed by atoms with van der Waals surface area (Å²) in [5.41, 5.74) is 0.798. The third-order valence-electron chi connectivity index (χ3n) is 4.55. The highest BCUT2D eigenvalue weighted by molar-refractivity contribution is 7.16. The van der Waals surface area contributed by atoms with Gasteiger partial charge in [-0.2, -0.15) is 9.61 Å². The highest BCUT2D eigenvalue weighted by atomic mass is 32.1. The maximum atomic E-state index is 12.2. The molecule has 0 bridgehead atoms. The first-order chi connectivity index (χ1) is 11.1. The van der Waals surface area contributed by atoms with Crippen LogP contribution in [0.4, 0.5) is 0 Å². The summed E-state index contributed by atoms with van der Waals surface area (Å²) >= 11 is 1.51. The number of fused-ring (bicyclic) bond motifs is 1. The molecule has 23 heavy (non-hydrogen) atoms. The Morgan fingerprint density at radius 2 is 2.17 bits per heavy atom. The van der Waals surface area contributed by atoms with E-state index in [9.17, 15) is 4.79 Å². The van der Waals surface area contributed by atoms with Gasteiger partial charge in [0.1, 0.15) is 5.01 Å². The van der Waals surface area contributed by atoms with Crippen LogP contribution in [0.2, 0.25) is 0 Å². The van der Waals surface area contributed by atoms with Crippen LogP contribution in [-0.2, 0) is 13.0 Å². The Morgan fingerprint density at radius 3 is 2.91 bits per heavy atom. The Kier molecular flexibility index (Phi) is 5.08. The molecule has 1 atom stereocenters. The number of aromatic nitrogens is 3. The molecule has 1 saturated heterocycles.